The van der Waals surface area contributed by atoms with E-state index in [9.17, 15) is 9.59 Å². The number of hydrogen-bond acceptors (Lipinski definition) is 5. The highest BCUT2D eigenvalue weighted by Gasteiger charge is 2.10. The largest absolute Gasteiger partial charge is 0.455 e. The van der Waals surface area contributed by atoms with E-state index in [4.69, 9.17) is 33.2 Å². The first-order valence-electron chi connectivity index (χ1n) is 7.01. The molecule has 25 heavy (non-hydrogen) atoms. The van der Waals surface area contributed by atoms with Crippen molar-refractivity contribution >= 4 is 52.5 Å². The predicted molar refractivity (Wildman–Crippen MR) is 97.9 cm³/mol. The third-order valence-electron chi connectivity index (χ3n) is 2.91. The highest BCUT2D eigenvalue weighted by Crippen LogP contribution is 2.21. The molecule has 5 nitrogen and oxygen atoms in total. The van der Waals surface area contributed by atoms with Crippen LogP contribution in [0.2, 0.25) is 10.0 Å². The maximum absolute atomic E-state index is 11.8. The number of rotatable bonds is 6. The summed E-state index contributed by atoms with van der Waals surface area (Å²) >= 11 is 12.9. The van der Waals surface area contributed by atoms with Crippen LogP contribution in [0.5, 0.6) is 0 Å². The van der Waals surface area contributed by atoms with Gasteiger partial charge in [-0.25, -0.2) is 0 Å². The normalized spacial score (nSPS) is 9.96. The molecule has 0 spiro atoms. The first-order chi connectivity index (χ1) is 12.0. The van der Waals surface area contributed by atoms with Gasteiger partial charge in [-0.1, -0.05) is 23.2 Å². The molecule has 1 amide bonds. The Morgan fingerprint density at radius 1 is 1.16 bits per heavy atom. The van der Waals surface area contributed by atoms with Crippen molar-refractivity contribution in [1.82, 2.24) is 0 Å². The van der Waals surface area contributed by atoms with E-state index in [0.29, 0.717) is 16.3 Å². The highest BCUT2D eigenvalue weighted by molar-refractivity contribution is 8.00. The van der Waals surface area contributed by atoms with Gasteiger partial charge in [-0.05, 0) is 42.5 Å². The molecule has 2 aromatic carbocycles. The van der Waals surface area contributed by atoms with Crippen molar-refractivity contribution in [3.05, 3.63) is 58.1 Å². The monoisotopic (exact) mass is 394 g/mol. The second kappa shape index (κ2) is 9.33. The zero-order valence-electron chi connectivity index (χ0n) is 12.8. The summed E-state index contributed by atoms with van der Waals surface area (Å²) in [7, 11) is 0. The van der Waals surface area contributed by atoms with Crippen molar-refractivity contribution in [2.24, 2.45) is 0 Å². The summed E-state index contributed by atoms with van der Waals surface area (Å²) in [5.41, 5.74) is 0.728. The first-order valence-corrected chi connectivity index (χ1v) is 8.75. The fourth-order valence-corrected chi connectivity index (χ4v) is 2.79. The molecule has 0 heterocycles. The molecule has 2 rings (SSSR count). The molecule has 0 saturated heterocycles. The summed E-state index contributed by atoms with van der Waals surface area (Å²) in [6.07, 6.45) is 0. The topological polar surface area (TPSA) is 79.2 Å². The van der Waals surface area contributed by atoms with Crippen LogP contribution in [-0.4, -0.2) is 24.2 Å². The highest BCUT2D eigenvalue weighted by atomic mass is 35.5. The Balaban J connectivity index is 1.75. The number of hydrogen-bond donors (Lipinski definition) is 1. The molecule has 0 radical (unpaired) electrons. The Morgan fingerprint density at radius 2 is 1.88 bits per heavy atom. The van der Waals surface area contributed by atoms with Gasteiger partial charge in [0.1, 0.15) is 6.07 Å². The lowest BCUT2D eigenvalue weighted by atomic mass is 10.2. The summed E-state index contributed by atoms with van der Waals surface area (Å²) in [5, 5.41) is 12.2. The van der Waals surface area contributed by atoms with E-state index >= 15 is 0 Å². The molecule has 0 unspecified atom stereocenters. The van der Waals surface area contributed by atoms with Gasteiger partial charge in [-0.15, -0.1) is 11.8 Å². The molecule has 1 N–H and O–H groups in total. The van der Waals surface area contributed by atoms with E-state index in [2.05, 4.69) is 5.32 Å². The van der Waals surface area contributed by atoms with Crippen LogP contribution < -0.4 is 5.32 Å². The van der Waals surface area contributed by atoms with Crippen LogP contribution in [0.25, 0.3) is 0 Å². The average molecular weight is 395 g/mol. The van der Waals surface area contributed by atoms with E-state index < -0.39 is 18.5 Å². The number of nitrogens with zero attached hydrogens (tertiary/aromatic N) is 1. The number of esters is 1. The Bertz CT molecular complexity index is 820. The fraction of sp³-hybridized carbons (Fsp3) is 0.118. The van der Waals surface area contributed by atoms with Gasteiger partial charge in [0, 0.05) is 15.6 Å². The van der Waals surface area contributed by atoms with Crippen molar-refractivity contribution in [2.75, 3.05) is 17.7 Å². The zero-order valence-corrected chi connectivity index (χ0v) is 15.1. The number of carbonyl (C=O) groups is 2. The minimum absolute atomic E-state index is 0.0810. The summed E-state index contributed by atoms with van der Waals surface area (Å²) in [6, 6.07) is 13.5. The minimum atomic E-state index is -0.507. The van der Waals surface area contributed by atoms with Crippen molar-refractivity contribution in [3.63, 3.8) is 0 Å². The Labute approximate surface area is 158 Å². The molecule has 0 aliphatic heterocycles. The maximum Gasteiger partial charge on any atom is 0.316 e. The molecule has 128 valence electrons. The van der Waals surface area contributed by atoms with Crippen LogP contribution >= 0.6 is 35.0 Å². The van der Waals surface area contributed by atoms with Gasteiger partial charge in [0.2, 0.25) is 0 Å². The van der Waals surface area contributed by atoms with Crippen LogP contribution in [-0.2, 0) is 14.3 Å². The molecule has 0 aliphatic rings. The Kier molecular flexibility index (Phi) is 7.14. The van der Waals surface area contributed by atoms with Crippen LogP contribution in [0, 0.1) is 11.3 Å². The molecule has 0 saturated carbocycles. The van der Waals surface area contributed by atoms with Gasteiger partial charge >= 0.3 is 5.97 Å². The molecule has 0 atom stereocenters. The van der Waals surface area contributed by atoms with Crippen LogP contribution in [0.4, 0.5) is 5.69 Å². The molecule has 2 aromatic rings. The first kappa shape index (κ1) is 19.1. The number of nitrogens with one attached hydrogen (secondary N) is 1. The predicted octanol–water partition coefficient (Wildman–Crippen LogP) is 4.14. The smallest absolute Gasteiger partial charge is 0.316 e. The van der Waals surface area contributed by atoms with E-state index in [1.54, 1.807) is 30.3 Å². The van der Waals surface area contributed by atoms with Gasteiger partial charge < -0.3 is 10.1 Å². The number of ether oxygens (including phenoxy) is 1. The van der Waals surface area contributed by atoms with Crippen molar-refractivity contribution in [1.29, 1.82) is 5.26 Å². The third kappa shape index (κ3) is 6.31. The van der Waals surface area contributed by atoms with Crippen molar-refractivity contribution < 1.29 is 14.3 Å². The molecule has 0 aromatic heterocycles. The number of anilines is 1. The standard InChI is InChI=1S/C17H12Cl2N2O3S/c18-12-2-5-14(6-3-12)25-10-17(23)24-9-16(22)21-13-4-1-11(8-20)15(19)7-13/h1-7H,9-10H2,(H,21,22). The number of nitriles is 1. The lowest BCUT2D eigenvalue weighted by molar-refractivity contribution is -0.144. The summed E-state index contributed by atoms with van der Waals surface area (Å²) in [4.78, 5) is 24.3. The Morgan fingerprint density at radius 3 is 2.52 bits per heavy atom. The van der Waals surface area contributed by atoms with Crippen molar-refractivity contribution in [3.8, 4) is 6.07 Å². The SMILES string of the molecule is N#Cc1ccc(NC(=O)COC(=O)CSc2ccc(Cl)cc2)cc1Cl. The summed E-state index contributed by atoms with van der Waals surface area (Å²) in [6.45, 7) is -0.405. The molecular weight excluding hydrogens is 383 g/mol. The van der Waals surface area contributed by atoms with E-state index in [-0.39, 0.29) is 10.8 Å². The van der Waals surface area contributed by atoms with Crippen LogP contribution in [0.15, 0.2) is 47.4 Å². The van der Waals surface area contributed by atoms with Gasteiger partial charge in [0.05, 0.1) is 16.3 Å². The van der Waals surface area contributed by atoms with Gasteiger partial charge in [0.25, 0.3) is 5.91 Å². The quantitative estimate of drug-likeness (QED) is 0.588. The third-order valence-corrected chi connectivity index (χ3v) is 4.46. The fourth-order valence-electron chi connectivity index (χ4n) is 1.74. The summed E-state index contributed by atoms with van der Waals surface area (Å²) < 4.78 is 4.91. The van der Waals surface area contributed by atoms with E-state index in [1.807, 2.05) is 6.07 Å². The zero-order chi connectivity index (χ0) is 18.2. The van der Waals surface area contributed by atoms with Crippen LogP contribution in [0.3, 0.4) is 0 Å². The summed E-state index contributed by atoms with van der Waals surface area (Å²) in [5.74, 6) is -0.920. The molecule has 8 heteroatoms. The lowest BCUT2D eigenvalue weighted by Gasteiger charge is -2.07. The number of carbonyl (C=O) groups excluding carboxylic acids is 2. The number of benzene rings is 2. The maximum atomic E-state index is 11.8. The van der Waals surface area contributed by atoms with E-state index in [0.717, 1.165) is 4.90 Å². The number of thioether (sulfide) groups is 1. The Hall–Kier alpha value is -2.20. The van der Waals surface area contributed by atoms with Gasteiger partial charge in [-0.2, -0.15) is 5.26 Å². The van der Waals surface area contributed by atoms with Crippen LogP contribution in [0.1, 0.15) is 5.56 Å². The van der Waals surface area contributed by atoms with E-state index in [1.165, 1.54) is 23.9 Å². The molecule has 0 aliphatic carbocycles. The lowest BCUT2D eigenvalue weighted by Crippen LogP contribution is -2.21. The van der Waals surface area contributed by atoms with Crippen molar-refractivity contribution in [2.45, 2.75) is 4.90 Å². The average Bonchev–Trinajstić information content (AvgIpc) is 2.59. The second-order valence-corrected chi connectivity index (χ2v) is 6.65. The molecule has 0 bridgehead atoms. The minimum Gasteiger partial charge on any atom is -0.455 e. The van der Waals surface area contributed by atoms with Gasteiger partial charge in [0.15, 0.2) is 6.61 Å². The molecular formula is C17H12Cl2N2O3S. The molecule has 0 fully saturated rings. The number of amides is 1. The van der Waals surface area contributed by atoms with Gasteiger partial charge in [-0.3, -0.25) is 9.59 Å². The second-order valence-electron chi connectivity index (χ2n) is 4.76. The number of halogens is 2.